The van der Waals surface area contributed by atoms with Gasteiger partial charge in [0.2, 0.25) is 0 Å². The summed E-state index contributed by atoms with van der Waals surface area (Å²) in [5, 5.41) is 0.0857. The summed E-state index contributed by atoms with van der Waals surface area (Å²) < 4.78 is 14.6. The Morgan fingerprint density at radius 3 is 2.73 bits per heavy atom. The van der Waals surface area contributed by atoms with Crippen LogP contribution in [0, 0.1) is 5.82 Å². The summed E-state index contributed by atoms with van der Waals surface area (Å²) in [5.74, 6) is 0.0497. The maximum absolute atomic E-state index is 13.6. The molecule has 1 aliphatic carbocycles. The predicted octanol–water partition coefficient (Wildman–Crippen LogP) is 4.85. The van der Waals surface area contributed by atoms with Crippen LogP contribution in [-0.2, 0) is 0 Å². The van der Waals surface area contributed by atoms with Crippen molar-refractivity contribution < 1.29 is 4.39 Å². The Balaban J connectivity index is 2.30. The van der Waals surface area contributed by atoms with Crippen molar-refractivity contribution in [1.29, 1.82) is 0 Å². The second-order valence-electron chi connectivity index (χ2n) is 4.07. The minimum Gasteiger partial charge on any atom is -0.207 e. The zero-order chi connectivity index (χ0) is 10.8. The van der Waals surface area contributed by atoms with E-state index in [4.69, 9.17) is 11.6 Å². The first-order valence-electron chi connectivity index (χ1n) is 5.27. The third kappa shape index (κ3) is 2.54. The van der Waals surface area contributed by atoms with E-state index < -0.39 is 0 Å². The first-order valence-corrected chi connectivity index (χ1v) is 6.50. The number of hydrogen-bond acceptors (Lipinski definition) is 0. The number of rotatable bonds is 1. The molecule has 82 valence electrons. The molecule has 1 saturated carbocycles. The second kappa shape index (κ2) is 4.84. The van der Waals surface area contributed by atoms with Gasteiger partial charge in [-0.25, -0.2) is 4.39 Å². The van der Waals surface area contributed by atoms with Crippen molar-refractivity contribution in [2.75, 3.05) is 0 Å². The van der Waals surface area contributed by atoms with Crippen LogP contribution in [0.25, 0.3) is 0 Å². The fourth-order valence-corrected chi connectivity index (χ4v) is 3.03. The lowest BCUT2D eigenvalue weighted by atomic mass is 9.83. The number of alkyl halides is 1. The predicted molar refractivity (Wildman–Crippen MR) is 65.0 cm³/mol. The van der Waals surface area contributed by atoms with Crippen LogP contribution in [0.2, 0.25) is 0 Å². The van der Waals surface area contributed by atoms with Gasteiger partial charge in [0.1, 0.15) is 5.82 Å². The van der Waals surface area contributed by atoms with Crippen molar-refractivity contribution in [1.82, 2.24) is 0 Å². The molecule has 0 amide bonds. The van der Waals surface area contributed by atoms with E-state index in [1.807, 2.05) is 6.07 Å². The number of hydrogen-bond donors (Lipinski definition) is 0. The highest BCUT2D eigenvalue weighted by molar-refractivity contribution is 9.10. The van der Waals surface area contributed by atoms with Crippen LogP contribution in [0.1, 0.15) is 37.2 Å². The van der Waals surface area contributed by atoms with Crippen LogP contribution in [0.15, 0.2) is 22.7 Å². The highest BCUT2D eigenvalue weighted by Crippen LogP contribution is 2.38. The van der Waals surface area contributed by atoms with Gasteiger partial charge in [-0.05, 0) is 36.6 Å². The first-order chi connectivity index (χ1) is 7.18. The molecule has 1 aromatic carbocycles. The fourth-order valence-electron chi connectivity index (χ4n) is 2.23. The van der Waals surface area contributed by atoms with Crippen molar-refractivity contribution in [2.45, 2.75) is 37.0 Å². The first kappa shape index (κ1) is 11.4. The standard InChI is InChI=1S/C12H13BrClF/c13-8-5-6-12(15)10(7-8)9-3-1-2-4-11(9)14/h5-7,9,11H,1-4H2. The Bertz CT molecular complexity index is 353. The molecule has 0 N–H and O–H groups in total. The van der Waals surface area contributed by atoms with Crippen molar-refractivity contribution in [3.05, 3.63) is 34.1 Å². The van der Waals surface area contributed by atoms with Gasteiger partial charge in [0, 0.05) is 15.8 Å². The van der Waals surface area contributed by atoms with Crippen molar-refractivity contribution in [3.8, 4) is 0 Å². The molecule has 0 bridgehead atoms. The van der Waals surface area contributed by atoms with Gasteiger partial charge in [-0.2, -0.15) is 0 Å². The van der Waals surface area contributed by atoms with E-state index in [2.05, 4.69) is 15.9 Å². The Hall–Kier alpha value is -0.0800. The molecule has 0 nitrogen and oxygen atoms in total. The molecule has 1 aromatic rings. The molecule has 2 rings (SSSR count). The molecule has 2 unspecified atom stereocenters. The maximum Gasteiger partial charge on any atom is 0.126 e. The second-order valence-corrected chi connectivity index (χ2v) is 5.55. The lowest BCUT2D eigenvalue weighted by molar-refractivity contribution is 0.436. The van der Waals surface area contributed by atoms with Crippen LogP contribution in [0.5, 0.6) is 0 Å². The molecule has 2 atom stereocenters. The summed E-state index contributed by atoms with van der Waals surface area (Å²) in [6, 6.07) is 5.10. The maximum atomic E-state index is 13.6. The van der Waals surface area contributed by atoms with Crippen LogP contribution < -0.4 is 0 Å². The topological polar surface area (TPSA) is 0 Å². The third-order valence-corrected chi connectivity index (χ3v) is 4.05. The van der Waals surface area contributed by atoms with Gasteiger partial charge >= 0.3 is 0 Å². The summed E-state index contributed by atoms with van der Waals surface area (Å²) in [7, 11) is 0. The Morgan fingerprint density at radius 2 is 2.00 bits per heavy atom. The quantitative estimate of drug-likeness (QED) is 0.649. The molecule has 0 aliphatic heterocycles. The van der Waals surface area contributed by atoms with E-state index in [1.54, 1.807) is 6.07 Å². The van der Waals surface area contributed by atoms with Crippen molar-refractivity contribution in [3.63, 3.8) is 0 Å². The number of benzene rings is 1. The third-order valence-electron chi connectivity index (χ3n) is 3.04. The van der Waals surface area contributed by atoms with Gasteiger partial charge in [-0.1, -0.05) is 28.8 Å². The molecule has 3 heteroatoms. The molecule has 1 fully saturated rings. The highest BCUT2D eigenvalue weighted by atomic mass is 79.9. The minimum absolute atomic E-state index is 0.0857. The average Bonchev–Trinajstić information content (AvgIpc) is 2.23. The van der Waals surface area contributed by atoms with Crippen molar-refractivity contribution in [2.24, 2.45) is 0 Å². The van der Waals surface area contributed by atoms with Gasteiger partial charge < -0.3 is 0 Å². The van der Waals surface area contributed by atoms with Crippen LogP contribution in [0.4, 0.5) is 4.39 Å². The minimum atomic E-state index is -0.129. The summed E-state index contributed by atoms with van der Waals surface area (Å²) in [4.78, 5) is 0. The molecule has 0 radical (unpaired) electrons. The lowest BCUT2D eigenvalue weighted by Crippen LogP contribution is -2.18. The zero-order valence-corrected chi connectivity index (χ0v) is 10.7. The smallest absolute Gasteiger partial charge is 0.126 e. The SMILES string of the molecule is Fc1ccc(Br)cc1C1CCCCC1Cl. The van der Waals surface area contributed by atoms with Crippen LogP contribution >= 0.6 is 27.5 Å². The van der Waals surface area contributed by atoms with Crippen molar-refractivity contribution >= 4 is 27.5 Å². The molecule has 0 heterocycles. The normalized spacial score (nSPS) is 26.6. The molecule has 0 aromatic heterocycles. The van der Waals surface area contributed by atoms with Gasteiger partial charge in [-0.3, -0.25) is 0 Å². The Labute approximate surface area is 103 Å². The summed E-state index contributed by atoms with van der Waals surface area (Å²) in [5.41, 5.74) is 0.768. The van der Waals surface area contributed by atoms with E-state index in [0.29, 0.717) is 0 Å². The summed E-state index contributed by atoms with van der Waals surface area (Å²) >= 11 is 9.63. The highest BCUT2D eigenvalue weighted by Gasteiger charge is 2.26. The molecule has 15 heavy (non-hydrogen) atoms. The van der Waals surface area contributed by atoms with Gasteiger partial charge in [-0.15, -0.1) is 11.6 Å². The summed E-state index contributed by atoms with van der Waals surface area (Å²) in [6.45, 7) is 0. The largest absolute Gasteiger partial charge is 0.207 e. The Kier molecular flexibility index (Phi) is 3.68. The Morgan fingerprint density at radius 1 is 1.27 bits per heavy atom. The van der Waals surface area contributed by atoms with Gasteiger partial charge in [0.25, 0.3) is 0 Å². The van der Waals surface area contributed by atoms with E-state index in [9.17, 15) is 4.39 Å². The average molecular weight is 292 g/mol. The van der Waals surface area contributed by atoms with E-state index >= 15 is 0 Å². The molecule has 1 aliphatic rings. The van der Waals surface area contributed by atoms with E-state index in [-0.39, 0.29) is 17.1 Å². The van der Waals surface area contributed by atoms with Crippen LogP contribution in [-0.4, -0.2) is 5.38 Å². The van der Waals surface area contributed by atoms with Gasteiger partial charge in [0.05, 0.1) is 0 Å². The monoisotopic (exact) mass is 290 g/mol. The van der Waals surface area contributed by atoms with Gasteiger partial charge in [0.15, 0.2) is 0 Å². The molecular formula is C12H13BrClF. The zero-order valence-electron chi connectivity index (χ0n) is 8.35. The molecular weight excluding hydrogens is 278 g/mol. The lowest BCUT2D eigenvalue weighted by Gasteiger charge is -2.27. The molecule has 0 saturated heterocycles. The van der Waals surface area contributed by atoms with E-state index in [0.717, 1.165) is 29.3 Å². The van der Waals surface area contributed by atoms with E-state index in [1.165, 1.54) is 12.5 Å². The van der Waals surface area contributed by atoms with Crippen LogP contribution in [0.3, 0.4) is 0 Å². The fraction of sp³-hybridized carbons (Fsp3) is 0.500. The summed E-state index contributed by atoms with van der Waals surface area (Å²) in [6.07, 6.45) is 4.32. The molecule has 0 spiro atoms. The number of halogens is 3.